The van der Waals surface area contributed by atoms with Crippen molar-refractivity contribution < 1.29 is 9.90 Å². The van der Waals surface area contributed by atoms with Crippen molar-refractivity contribution in [1.82, 2.24) is 0 Å². The summed E-state index contributed by atoms with van der Waals surface area (Å²) >= 11 is 0. The molecule has 3 heteroatoms. The van der Waals surface area contributed by atoms with Crippen molar-refractivity contribution in [2.24, 2.45) is 0 Å². The van der Waals surface area contributed by atoms with Gasteiger partial charge in [0.2, 0.25) is 0 Å². The summed E-state index contributed by atoms with van der Waals surface area (Å²) in [7, 11) is -1.60. The molecule has 2 aromatic carbocycles. The zero-order valence-electron chi connectivity index (χ0n) is 13.8. The minimum Gasteiger partial charge on any atom is -0.383 e. The number of aliphatic hydroxyl groups is 1. The Morgan fingerprint density at radius 3 is 2.00 bits per heavy atom. The lowest BCUT2D eigenvalue weighted by Crippen LogP contribution is -2.28. The number of rotatable bonds is 4. The van der Waals surface area contributed by atoms with Crippen molar-refractivity contribution in [3.63, 3.8) is 0 Å². The van der Waals surface area contributed by atoms with Crippen LogP contribution in [-0.4, -0.2) is 25.1 Å². The van der Waals surface area contributed by atoms with Crippen LogP contribution in [0.4, 0.5) is 0 Å². The topological polar surface area (TPSA) is 37.3 Å². The van der Waals surface area contributed by atoms with Gasteiger partial charge >= 0.3 is 0 Å². The van der Waals surface area contributed by atoms with Gasteiger partial charge in [0.25, 0.3) is 0 Å². The van der Waals surface area contributed by atoms with Crippen LogP contribution < -0.4 is 0 Å². The van der Waals surface area contributed by atoms with E-state index in [1.165, 1.54) is 0 Å². The van der Waals surface area contributed by atoms with Crippen LogP contribution >= 0.6 is 0 Å². The lowest BCUT2D eigenvalue weighted by atomic mass is 9.89. The third-order valence-electron chi connectivity index (χ3n) is 3.40. The van der Waals surface area contributed by atoms with Gasteiger partial charge in [-0.15, -0.1) is 5.54 Å². The van der Waals surface area contributed by atoms with Crippen molar-refractivity contribution in [2.45, 2.75) is 31.7 Å². The van der Waals surface area contributed by atoms with E-state index in [0.29, 0.717) is 5.56 Å². The molecular weight excluding hydrogens is 300 g/mol. The van der Waals surface area contributed by atoms with Gasteiger partial charge in [-0.3, -0.25) is 4.79 Å². The van der Waals surface area contributed by atoms with Crippen LogP contribution in [-0.2, 0) is 0 Å². The van der Waals surface area contributed by atoms with Crippen molar-refractivity contribution in [3.8, 4) is 11.5 Å². The first kappa shape index (κ1) is 17.2. The Balaban J connectivity index is 2.37. The minimum absolute atomic E-state index is 0.288. The third kappa shape index (κ3) is 4.92. The summed E-state index contributed by atoms with van der Waals surface area (Å²) in [5.41, 5.74) is 4.66. The van der Waals surface area contributed by atoms with Crippen molar-refractivity contribution in [1.29, 1.82) is 0 Å². The highest BCUT2D eigenvalue weighted by Crippen LogP contribution is 2.22. The van der Waals surface area contributed by atoms with E-state index in [4.69, 9.17) is 0 Å². The second kappa shape index (κ2) is 7.41. The first-order chi connectivity index (χ1) is 10.9. The van der Waals surface area contributed by atoms with E-state index in [1.54, 1.807) is 24.3 Å². The highest BCUT2D eigenvalue weighted by molar-refractivity contribution is 6.83. The molecule has 0 unspecified atom stereocenters. The second-order valence-corrected chi connectivity index (χ2v) is 11.3. The maximum Gasteiger partial charge on any atom is 0.192 e. The predicted molar refractivity (Wildman–Crippen MR) is 97.1 cm³/mol. The van der Waals surface area contributed by atoms with Crippen LogP contribution in [0.3, 0.4) is 0 Å². The number of hydrogen-bond acceptors (Lipinski definition) is 2. The number of ketones is 1. The molecule has 0 aliphatic heterocycles. The molecule has 118 valence electrons. The van der Waals surface area contributed by atoms with Gasteiger partial charge in [-0.25, -0.2) is 0 Å². The lowest BCUT2D eigenvalue weighted by molar-refractivity contribution is 0.0725. The van der Waals surface area contributed by atoms with E-state index in [1.807, 2.05) is 36.4 Å². The fourth-order valence-corrected chi connectivity index (χ4v) is 2.81. The molecule has 2 rings (SSSR count). The molecule has 0 fully saturated rings. The van der Waals surface area contributed by atoms with Crippen molar-refractivity contribution in [2.75, 3.05) is 0 Å². The van der Waals surface area contributed by atoms with E-state index in [2.05, 4.69) is 31.1 Å². The molecule has 2 atom stereocenters. The van der Waals surface area contributed by atoms with Crippen LogP contribution in [0.25, 0.3) is 0 Å². The van der Waals surface area contributed by atoms with Crippen LogP contribution in [0.2, 0.25) is 19.6 Å². The largest absolute Gasteiger partial charge is 0.383 e. The molecular formula is C20H22O2Si. The maximum absolute atomic E-state index is 12.6. The van der Waals surface area contributed by atoms with E-state index in [-0.39, 0.29) is 5.78 Å². The highest BCUT2D eigenvalue weighted by Gasteiger charge is 2.27. The molecule has 2 nitrogen and oxygen atoms in total. The highest BCUT2D eigenvalue weighted by atomic mass is 28.3. The van der Waals surface area contributed by atoms with Crippen LogP contribution in [0.15, 0.2) is 60.7 Å². The summed E-state index contributed by atoms with van der Waals surface area (Å²) in [6.45, 7) is 6.44. The fourth-order valence-electron chi connectivity index (χ4n) is 2.22. The Hall–Kier alpha value is -2.15. The number of carbonyl (C=O) groups excluding carboxylic acids is 1. The smallest absolute Gasteiger partial charge is 0.192 e. The van der Waals surface area contributed by atoms with E-state index >= 15 is 0 Å². The average molecular weight is 322 g/mol. The SMILES string of the molecule is C[Si](C)(C)C#C[C@H](c1ccccc1)[C@H](O)C(=O)c1ccccc1. The summed E-state index contributed by atoms with van der Waals surface area (Å²) in [5, 5.41) is 10.6. The number of Topliss-reactive ketones (excluding diaryl/α,β-unsaturated/α-hetero) is 1. The van der Waals surface area contributed by atoms with E-state index in [0.717, 1.165) is 5.56 Å². The molecule has 0 spiro atoms. The molecule has 2 aromatic rings. The second-order valence-electron chi connectivity index (χ2n) is 6.58. The predicted octanol–water partition coefficient (Wildman–Crippen LogP) is 3.89. The third-order valence-corrected chi connectivity index (χ3v) is 4.30. The van der Waals surface area contributed by atoms with Gasteiger partial charge in [-0.05, 0) is 5.56 Å². The van der Waals surface area contributed by atoms with Crippen molar-refractivity contribution in [3.05, 3.63) is 71.8 Å². The molecule has 0 saturated carbocycles. The number of aliphatic hydroxyl groups excluding tert-OH is 1. The molecule has 1 N–H and O–H groups in total. The summed E-state index contributed by atoms with van der Waals surface area (Å²) in [6, 6.07) is 18.4. The lowest BCUT2D eigenvalue weighted by Gasteiger charge is -2.18. The molecule has 23 heavy (non-hydrogen) atoms. The normalized spacial score (nSPS) is 13.6. The maximum atomic E-state index is 12.6. The molecule has 0 bridgehead atoms. The van der Waals surface area contributed by atoms with E-state index in [9.17, 15) is 9.90 Å². The van der Waals surface area contributed by atoms with Gasteiger partial charge in [-0.2, -0.15) is 0 Å². The van der Waals surface area contributed by atoms with Crippen LogP contribution in [0, 0.1) is 11.5 Å². The minimum atomic E-state index is -1.60. The summed E-state index contributed by atoms with van der Waals surface area (Å²) in [4.78, 5) is 12.6. The van der Waals surface area contributed by atoms with Gasteiger partial charge in [0.05, 0.1) is 5.92 Å². The van der Waals surface area contributed by atoms with Gasteiger partial charge in [-0.1, -0.05) is 86.2 Å². The number of carbonyl (C=O) groups is 1. The monoisotopic (exact) mass is 322 g/mol. The Morgan fingerprint density at radius 1 is 0.957 bits per heavy atom. The van der Waals surface area contributed by atoms with Gasteiger partial charge in [0.15, 0.2) is 5.78 Å². The fraction of sp³-hybridized carbons (Fsp3) is 0.250. The molecule has 0 saturated heterocycles. The summed E-state index contributed by atoms with van der Waals surface area (Å²) in [6.07, 6.45) is -1.16. The Bertz CT molecular complexity index is 706. The average Bonchev–Trinajstić information content (AvgIpc) is 2.55. The molecule has 0 aromatic heterocycles. The van der Waals surface area contributed by atoms with Gasteiger partial charge in [0.1, 0.15) is 14.2 Å². The first-order valence-electron chi connectivity index (χ1n) is 7.73. The zero-order chi connectivity index (χ0) is 16.9. The summed E-state index contributed by atoms with van der Waals surface area (Å²) in [5.74, 6) is 2.38. The van der Waals surface area contributed by atoms with Crippen molar-refractivity contribution >= 4 is 13.9 Å². The quantitative estimate of drug-likeness (QED) is 0.527. The molecule has 0 aliphatic rings. The van der Waals surface area contributed by atoms with E-state index < -0.39 is 20.1 Å². The van der Waals surface area contributed by atoms with Gasteiger partial charge < -0.3 is 5.11 Å². The Labute approximate surface area is 139 Å². The molecule has 0 aliphatic carbocycles. The molecule has 0 radical (unpaired) electrons. The zero-order valence-corrected chi connectivity index (χ0v) is 14.8. The number of benzene rings is 2. The standard InChI is InChI=1S/C20H22O2Si/c1-23(2,3)15-14-18(16-10-6-4-7-11-16)20(22)19(21)17-12-8-5-9-13-17/h4-13,18,20,22H,1-3H3/t18-,20+/m1/s1. The Kier molecular flexibility index (Phi) is 5.54. The Morgan fingerprint density at radius 2 is 1.48 bits per heavy atom. The first-order valence-corrected chi connectivity index (χ1v) is 11.2. The number of hydrogen-bond donors (Lipinski definition) is 1. The molecule has 0 heterocycles. The van der Waals surface area contributed by atoms with Gasteiger partial charge in [0, 0.05) is 5.56 Å². The van der Waals surface area contributed by atoms with Crippen LogP contribution in [0.1, 0.15) is 21.8 Å². The molecule has 0 amide bonds. The summed E-state index contributed by atoms with van der Waals surface area (Å²) < 4.78 is 0. The van der Waals surface area contributed by atoms with Crippen LogP contribution in [0.5, 0.6) is 0 Å².